The van der Waals surface area contributed by atoms with Gasteiger partial charge in [-0.05, 0) is 36.4 Å². The number of halogens is 4. The van der Waals surface area contributed by atoms with Crippen molar-refractivity contribution in [2.45, 2.75) is 6.18 Å². The first kappa shape index (κ1) is 26.9. The third-order valence-corrected chi connectivity index (χ3v) is 5.73. The maximum Gasteiger partial charge on any atom is 0.416 e. The van der Waals surface area contributed by atoms with Gasteiger partial charge in [-0.1, -0.05) is 11.6 Å². The SMILES string of the molecule is COC(=O)c1cc(NC(=O)CN(c2cc(C(F)(F)F)ccc2Cl)S(C)(=O)=O)cc(C(=O)OC)c1. The number of carbonyl (C=O) groups is 3. The fraction of sp³-hybridized carbons (Fsp3) is 0.250. The van der Waals surface area contributed by atoms with Gasteiger partial charge in [0.25, 0.3) is 0 Å². The van der Waals surface area contributed by atoms with E-state index in [4.69, 9.17) is 11.6 Å². The molecule has 0 aliphatic heterocycles. The zero-order valence-corrected chi connectivity index (χ0v) is 19.5. The second kappa shape index (κ2) is 10.3. The zero-order valence-electron chi connectivity index (χ0n) is 17.9. The molecule has 1 amide bonds. The van der Waals surface area contributed by atoms with Gasteiger partial charge in [0.2, 0.25) is 15.9 Å². The fourth-order valence-corrected chi connectivity index (χ4v) is 3.89. The Bertz CT molecular complexity index is 1200. The zero-order chi connectivity index (χ0) is 25.8. The number of methoxy groups -OCH3 is 2. The van der Waals surface area contributed by atoms with E-state index in [1.165, 1.54) is 0 Å². The molecule has 0 aliphatic rings. The highest BCUT2D eigenvalue weighted by molar-refractivity contribution is 7.92. The molecule has 2 rings (SSSR count). The first-order chi connectivity index (χ1) is 15.7. The van der Waals surface area contributed by atoms with Crippen molar-refractivity contribution in [3.05, 3.63) is 58.1 Å². The minimum Gasteiger partial charge on any atom is -0.465 e. The van der Waals surface area contributed by atoms with E-state index in [-0.39, 0.29) is 21.8 Å². The van der Waals surface area contributed by atoms with E-state index in [2.05, 4.69) is 14.8 Å². The average Bonchev–Trinajstić information content (AvgIpc) is 2.75. The van der Waals surface area contributed by atoms with Gasteiger partial charge in [0, 0.05) is 5.69 Å². The van der Waals surface area contributed by atoms with E-state index in [9.17, 15) is 36.0 Å². The molecule has 2 aromatic carbocycles. The number of nitrogens with one attached hydrogen (secondary N) is 1. The maximum absolute atomic E-state index is 13.1. The van der Waals surface area contributed by atoms with Crippen LogP contribution in [0.15, 0.2) is 36.4 Å². The van der Waals surface area contributed by atoms with E-state index in [0.29, 0.717) is 22.7 Å². The van der Waals surface area contributed by atoms with Crippen molar-refractivity contribution in [3.8, 4) is 0 Å². The van der Waals surface area contributed by atoms with E-state index in [0.717, 1.165) is 38.5 Å². The van der Waals surface area contributed by atoms with E-state index in [1.54, 1.807) is 0 Å². The predicted octanol–water partition coefficient (Wildman–Crippen LogP) is 3.34. The van der Waals surface area contributed by atoms with Crippen LogP contribution in [0.2, 0.25) is 5.02 Å². The number of nitrogens with zero attached hydrogens (tertiary/aromatic N) is 1. The van der Waals surface area contributed by atoms with Crippen molar-refractivity contribution >= 4 is 50.8 Å². The van der Waals surface area contributed by atoms with Crippen LogP contribution in [-0.2, 0) is 30.5 Å². The van der Waals surface area contributed by atoms with Crippen molar-refractivity contribution in [2.24, 2.45) is 0 Å². The summed E-state index contributed by atoms with van der Waals surface area (Å²) in [4.78, 5) is 36.4. The number of carbonyl (C=O) groups excluding carboxylic acids is 3. The molecule has 9 nitrogen and oxygen atoms in total. The summed E-state index contributed by atoms with van der Waals surface area (Å²) in [6.07, 6.45) is -4.10. The van der Waals surface area contributed by atoms with Gasteiger partial charge in [0.05, 0.1) is 47.9 Å². The first-order valence-corrected chi connectivity index (χ1v) is 11.4. The quantitative estimate of drug-likeness (QED) is 0.554. The van der Waals surface area contributed by atoms with Crippen LogP contribution in [0.3, 0.4) is 0 Å². The Labute approximate surface area is 197 Å². The van der Waals surface area contributed by atoms with Crippen molar-refractivity contribution < 1.29 is 45.4 Å². The molecule has 0 fully saturated rings. The molecule has 0 saturated heterocycles. The molecule has 34 heavy (non-hydrogen) atoms. The molecule has 2 aromatic rings. The lowest BCUT2D eigenvalue weighted by Crippen LogP contribution is -2.37. The summed E-state index contributed by atoms with van der Waals surface area (Å²) in [5.41, 5.74) is -2.08. The van der Waals surface area contributed by atoms with Crippen LogP contribution in [0, 0.1) is 0 Å². The maximum atomic E-state index is 13.1. The number of benzene rings is 2. The summed E-state index contributed by atoms with van der Waals surface area (Å²) >= 11 is 5.93. The highest BCUT2D eigenvalue weighted by Crippen LogP contribution is 2.36. The predicted molar refractivity (Wildman–Crippen MR) is 116 cm³/mol. The third kappa shape index (κ3) is 6.60. The number of rotatable bonds is 7. The summed E-state index contributed by atoms with van der Waals surface area (Å²) in [7, 11) is -2.09. The van der Waals surface area contributed by atoms with Crippen LogP contribution in [-0.4, -0.2) is 53.3 Å². The fourth-order valence-electron chi connectivity index (χ4n) is 2.76. The van der Waals surface area contributed by atoms with Crippen molar-refractivity contribution in [1.29, 1.82) is 0 Å². The number of amides is 1. The van der Waals surface area contributed by atoms with Gasteiger partial charge >= 0.3 is 18.1 Å². The smallest absolute Gasteiger partial charge is 0.416 e. The molecule has 0 aromatic heterocycles. The molecule has 0 unspecified atom stereocenters. The summed E-state index contributed by atoms with van der Waals surface area (Å²) in [6, 6.07) is 5.48. The standard InChI is InChI=1S/C20H18ClF3N2O7S/c1-32-18(28)11-6-12(19(29)33-2)8-14(7-11)25-17(27)10-26(34(3,30)31)16-9-13(20(22,23)24)4-5-15(16)21/h4-9H,10H2,1-3H3,(H,25,27). The average molecular weight is 523 g/mol. The van der Waals surface area contributed by atoms with E-state index < -0.39 is 51.8 Å². The van der Waals surface area contributed by atoms with Crippen LogP contribution in [0.25, 0.3) is 0 Å². The number of hydrogen-bond acceptors (Lipinski definition) is 7. The normalized spacial score (nSPS) is 11.5. The van der Waals surface area contributed by atoms with Gasteiger partial charge in [0.15, 0.2) is 0 Å². The van der Waals surface area contributed by atoms with E-state index in [1.807, 2.05) is 0 Å². The van der Waals surface area contributed by atoms with Gasteiger partial charge in [-0.2, -0.15) is 13.2 Å². The molecule has 1 N–H and O–H groups in total. The Hall–Kier alpha value is -3.32. The monoisotopic (exact) mass is 522 g/mol. The van der Waals surface area contributed by atoms with Gasteiger partial charge in [-0.15, -0.1) is 0 Å². The van der Waals surface area contributed by atoms with Crippen LogP contribution >= 0.6 is 11.6 Å². The Kier molecular flexibility index (Phi) is 8.16. The van der Waals surface area contributed by atoms with Gasteiger partial charge in [-0.3, -0.25) is 9.10 Å². The van der Waals surface area contributed by atoms with Crippen LogP contribution in [0.4, 0.5) is 24.5 Å². The number of hydrogen-bond donors (Lipinski definition) is 1. The largest absolute Gasteiger partial charge is 0.465 e. The Morgan fingerprint density at radius 2 is 1.53 bits per heavy atom. The van der Waals surface area contributed by atoms with Crippen molar-refractivity contribution in [1.82, 2.24) is 0 Å². The lowest BCUT2D eigenvalue weighted by molar-refractivity contribution is -0.137. The molecular weight excluding hydrogens is 505 g/mol. The Balaban J connectivity index is 2.43. The molecule has 0 radical (unpaired) electrons. The molecule has 0 aliphatic carbocycles. The topological polar surface area (TPSA) is 119 Å². The van der Waals surface area contributed by atoms with Crippen LogP contribution in [0.1, 0.15) is 26.3 Å². The minimum absolute atomic E-state index is 0.100. The van der Waals surface area contributed by atoms with Crippen molar-refractivity contribution in [3.63, 3.8) is 0 Å². The number of alkyl halides is 3. The van der Waals surface area contributed by atoms with Gasteiger partial charge in [-0.25, -0.2) is 18.0 Å². The first-order valence-electron chi connectivity index (χ1n) is 9.13. The van der Waals surface area contributed by atoms with Crippen molar-refractivity contribution in [2.75, 3.05) is 36.6 Å². The summed E-state index contributed by atoms with van der Waals surface area (Å²) < 4.78 is 73.5. The summed E-state index contributed by atoms with van der Waals surface area (Å²) in [5, 5.41) is 1.95. The molecule has 14 heteroatoms. The minimum atomic E-state index is -4.79. The summed E-state index contributed by atoms with van der Waals surface area (Å²) in [5.74, 6) is -2.68. The summed E-state index contributed by atoms with van der Waals surface area (Å²) in [6.45, 7) is -0.962. The molecule has 0 bridgehead atoms. The number of sulfonamides is 1. The molecule has 0 saturated carbocycles. The van der Waals surface area contributed by atoms with Gasteiger partial charge < -0.3 is 14.8 Å². The highest BCUT2D eigenvalue weighted by atomic mass is 35.5. The third-order valence-electron chi connectivity index (χ3n) is 4.29. The number of ether oxygens (including phenoxy) is 2. The molecule has 184 valence electrons. The van der Waals surface area contributed by atoms with E-state index >= 15 is 0 Å². The number of anilines is 2. The second-order valence-corrected chi connectivity index (χ2v) is 9.08. The van der Waals surface area contributed by atoms with Crippen LogP contribution in [0.5, 0.6) is 0 Å². The number of esters is 2. The lowest BCUT2D eigenvalue weighted by atomic mass is 10.1. The molecule has 0 atom stereocenters. The lowest BCUT2D eigenvalue weighted by Gasteiger charge is -2.24. The van der Waals surface area contributed by atoms with Crippen LogP contribution < -0.4 is 9.62 Å². The Morgan fingerprint density at radius 3 is 1.97 bits per heavy atom. The molecule has 0 spiro atoms. The Morgan fingerprint density at radius 1 is 1.00 bits per heavy atom. The second-order valence-electron chi connectivity index (χ2n) is 6.76. The highest BCUT2D eigenvalue weighted by Gasteiger charge is 2.33. The van der Waals surface area contributed by atoms with Gasteiger partial charge in [0.1, 0.15) is 6.54 Å². The molecule has 0 heterocycles. The molecular formula is C20H18ClF3N2O7S.